The SMILES string of the molecule is CCCCC(NC(=O)[C@@H]1C2C(CN1C(=O)[C@@H](NC(=O)NC(C)C)C(C)(C)C)C2(C)C)C(=O)C(=O)NCC(=O)N[C@H](C(=O)N(C)C)c1ccccc1. The Kier molecular flexibility index (Phi) is 13.4. The maximum atomic E-state index is 14.1. The number of Topliss-reactive ketones (excluding diaryl/α,β-unsaturated/α-hetero) is 1. The van der Waals surface area contributed by atoms with Gasteiger partial charge in [0.2, 0.25) is 29.4 Å². The highest BCUT2D eigenvalue weighted by molar-refractivity contribution is 6.38. The van der Waals surface area contributed by atoms with Gasteiger partial charge in [-0.05, 0) is 48.5 Å². The van der Waals surface area contributed by atoms with Crippen LogP contribution >= 0.6 is 0 Å². The van der Waals surface area contributed by atoms with Gasteiger partial charge in [-0.1, -0.05) is 84.7 Å². The van der Waals surface area contributed by atoms with Crippen LogP contribution in [-0.2, 0) is 28.8 Å². The van der Waals surface area contributed by atoms with Crippen molar-refractivity contribution in [2.45, 2.75) is 105 Å². The van der Waals surface area contributed by atoms with E-state index in [1.807, 2.05) is 55.4 Å². The van der Waals surface area contributed by atoms with Gasteiger partial charge < -0.3 is 36.4 Å². The second-order valence-corrected chi connectivity index (χ2v) is 15.9. The molecule has 0 spiro atoms. The number of ketones is 1. The molecule has 14 heteroatoms. The van der Waals surface area contributed by atoms with Gasteiger partial charge in [-0.15, -0.1) is 0 Å². The molecule has 1 aromatic rings. The van der Waals surface area contributed by atoms with Crippen LogP contribution in [0, 0.1) is 22.7 Å². The number of urea groups is 1. The number of piperidine rings is 1. The summed E-state index contributed by atoms with van der Waals surface area (Å²) in [6.45, 7) is 14.9. The molecule has 1 aliphatic heterocycles. The maximum Gasteiger partial charge on any atom is 0.315 e. The Bertz CT molecular complexity index is 1470. The van der Waals surface area contributed by atoms with Crippen LogP contribution in [0.1, 0.15) is 86.3 Å². The Hall–Kier alpha value is -4.49. The third-order valence-corrected chi connectivity index (χ3v) is 9.81. The first-order valence-electron chi connectivity index (χ1n) is 17.8. The van der Waals surface area contributed by atoms with Gasteiger partial charge in [0.1, 0.15) is 18.1 Å². The number of unbranched alkanes of at least 4 members (excludes halogenated alkanes) is 1. The molecule has 2 aliphatic rings. The smallest absolute Gasteiger partial charge is 0.315 e. The number of rotatable bonds is 15. The molecule has 2 fully saturated rings. The van der Waals surface area contributed by atoms with Crippen LogP contribution in [-0.4, -0.2) is 103 Å². The van der Waals surface area contributed by atoms with E-state index < -0.39 is 71.6 Å². The van der Waals surface area contributed by atoms with Gasteiger partial charge in [0, 0.05) is 26.7 Å². The fourth-order valence-electron chi connectivity index (χ4n) is 6.81. The third kappa shape index (κ3) is 10.1. The maximum absolute atomic E-state index is 14.1. The number of benzene rings is 1. The number of nitrogens with one attached hydrogen (secondary N) is 5. The summed E-state index contributed by atoms with van der Waals surface area (Å²) in [7, 11) is 3.12. The van der Waals surface area contributed by atoms with Gasteiger partial charge in [-0.25, -0.2) is 4.79 Å². The van der Waals surface area contributed by atoms with E-state index in [1.165, 1.54) is 9.80 Å². The van der Waals surface area contributed by atoms with E-state index in [2.05, 4.69) is 26.6 Å². The standard InChI is InChI=1S/C37H57N7O7/c1-11-12-18-24(29(46)32(48)38-19-25(45)41-27(33(49)43(9)10)22-16-14-13-15-17-22)40-31(47)28-26-23(37(26,7)8)20-44(28)34(50)30(36(4,5)6)42-35(51)39-21(2)3/h13-17,21,23-24,26-28,30H,11-12,18-20H2,1-10H3,(H,38,48)(H,40,47)(H,41,45)(H2,39,42,51)/t23?,24?,26?,27-,28-,30+/m0/s1. The minimum absolute atomic E-state index is 0.0491. The summed E-state index contributed by atoms with van der Waals surface area (Å²) in [6.07, 6.45) is 1.39. The molecule has 1 aromatic carbocycles. The summed E-state index contributed by atoms with van der Waals surface area (Å²) < 4.78 is 0. The molecular weight excluding hydrogens is 654 g/mol. The molecule has 1 heterocycles. The second-order valence-electron chi connectivity index (χ2n) is 15.9. The number of fused-ring (bicyclic) bond motifs is 1. The van der Waals surface area contributed by atoms with Gasteiger partial charge in [-0.2, -0.15) is 0 Å². The summed E-state index contributed by atoms with van der Waals surface area (Å²) in [5.41, 5.74) is -0.352. The van der Waals surface area contributed by atoms with Crippen LogP contribution < -0.4 is 26.6 Å². The molecule has 51 heavy (non-hydrogen) atoms. The highest BCUT2D eigenvalue weighted by Gasteiger charge is 2.70. The number of likely N-dealkylation sites (tertiary alicyclic amines) is 1. The first-order valence-corrected chi connectivity index (χ1v) is 17.8. The molecule has 1 aliphatic carbocycles. The Morgan fingerprint density at radius 1 is 0.941 bits per heavy atom. The molecule has 5 N–H and O–H groups in total. The van der Waals surface area contributed by atoms with Gasteiger partial charge in [-0.3, -0.25) is 28.8 Å². The highest BCUT2D eigenvalue weighted by Crippen LogP contribution is 2.65. The summed E-state index contributed by atoms with van der Waals surface area (Å²) in [4.78, 5) is 96.0. The van der Waals surface area contributed by atoms with E-state index >= 15 is 0 Å². The van der Waals surface area contributed by atoms with E-state index in [4.69, 9.17) is 0 Å². The minimum atomic E-state index is -1.20. The Morgan fingerprint density at radius 3 is 2.12 bits per heavy atom. The second kappa shape index (κ2) is 16.7. The van der Waals surface area contributed by atoms with E-state index in [9.17, 15) is 33.6 Å². The number of amides is 7. The first kappa shape index (κ1) is 40.9. The molecule has 14 nitrogen and oxygen atoms in total. The van der Waals surface area contributed by atoms with Crippen LogP contribution in [0.5, 0.6) is 0 Å². The number of carbonyl (C=O) groups excluding carboxylic acids is 7. The third-order valence-electron chi connectivity index (χ3n) is 9.81. The molecule has 3 rings (SSSR count). The molecule has 0 bridgehead atoms. The molecule has 0 radical (unpaired) electrons. The molecule has 282 valence electrons. The van der Waals surface area contributed by atoms with Crippen LogP contribution in [0.3, 0.4) is 0 Å². The van der Waals surface area contributed by atoms with Crippen LogP contribution in [0.4, 0.5) is 4.79 Å². The summed E-state index contributed by atoms with van der Waals surface area (Å²) in [5.74, 6) is -4.10. The lowest BCUT2D eigenvalue weighted by molar-refractivity contribution is -0.145. The quantitative estimate of drug-likeness (QED) is 0.172. The van der Waals surface area contributed by atoms with Crippen molar-refractivity contribution < 1.29 is 33.6 Å². The monoisotopic (exact) mass is 711 g/mol. The van der Waals surface area contributed by atoms with Crippen LogP contribution in [0.2, 0.25) is 0 Å². The van der Waals surface area contributed by atoms with Gasteiger partial charge in [0.05, 0.1) is 12.6 Å². The zero-order valence-electron chi connectivity index (χ0n) is 31.7. The number of likely N-dealkylation sites (N-methyl/N-ethyl adjacent to an activating group) is 1. The average Bonchev–Trinajstić information content (AvgIpc) is 3.36. The van der Waals surface area contributed by atoms with E-state index in [0.717, 1.165) is 0 Å². The number of hydrogen-bond acceptors (Lipinski definition) is 7. The Labute approximate surface area is 301 Å². The molecule has 3 unspecified atom stereocenters. The van der Waals surface area contributed by atoms with Crippen molar-refractivity contribution in [3.63, 3.8) is 0 Å². The predicted octanol–water partition coefficient (Wildman–Crippen LogP) is 1.90. The Balaban J connectivity index is 1.75. The summed E-state index contributed by atoms with van der Waals surface area (Å²) in [5, 5.41) is 13.3. The van der Waals surface area contributed by atoms with Crippen LogP contribution in [0.15, 0.2) is 30.3 Å². The van der Waals surface area contributed by atoms with Gasteiger partial charge in [0.15, 0.2) is 0 Å². The van der Waals surface area contributed by atoms with E-state index in [0.29, 0.717) is 24.9 Å². The van der Waals surface area contributed by atoms with Crippen molar-refractivity contribution in [1.29, 1.82) is 0 Å². The number of hydrogen-bond donors (Lipinski definition) is 5. The topological polar surface area (TPSA) is 186 Å². The van der Waals surface area contributed by atoms with Crippen molar-refractivity contribution in [3.05, 3.63) is 35.9 Å². The molecule has 1 saturated heterocycles. The van der Waals surface area contributed by atoms with E-state index in [-0.39, 0.29) is 35.6 Å². The molecule has 6 atom stereocenters. The lowest BCUT2D eigenvalue weighted by Gasteiger charge is -2.38. The lowest BCUT2D eigenvalue weighted by Crippen LogP contribution is -2.61. The zero-order valence-corrected chi connectivity index (χ0v) is 31.7. The average molecular weight is 712 g/mol. The molecule has 7 amide bonds. The molecule has 0 aromatic heterocycles. The molecule has 1 saturated carbocycles. The number of nitrogens with zero attached hydrogens (tertiary/aromatic N) is 2. The van der Waals surface area contributed by atoms with Crippen molar-refractivity contribution in [2.75, 3.05) is 27.2 Å². The zero-order chi connectivity index (χ0) is 38.4. The normalized spacial score (nSPS) is 20.6. The predicted molar refractivity (Wildman–Crippen MR) is 192 cm³/mol. The summed E-state index contributed by atoms with van der Waals surface area (Å²) >= 11 is 0. The Morgan fingerprint density at radius 2 is 1.57 bits per heavy atom. The lowest BCUT2D eigenvalue weighted by atomic mass is 9.85. The minimum Gasteiger partial charge on any atom is -0.347 e. The summed E-state index contributed by atoms with van der Waals surface area (Å²) in [6, 6.07) is 3.97. The van der Waals surface area contributed by atoms with Crippen molar-refractivity contribution >= 4 is 41.4 Å². The van der Waals surface area contributed by atoms with E-state index in [1.54, 1.807) is 44.4 Å². The first-order chi connectivity index (χ1) is 23.7. The fraction of sp³-hybridized carbons (Fsp3) is 0.649. The van der Waals surface area contributed by atoms with Crippen molar-refractivity contribution in [1.82, 2.24) is 36.4 Å². The van der Waals surface area contributed by atoms with Crippen molar-refractivity contribution in [3.8, 4) is 0 Å². The van der Waals surface area contributed by atoms with Gasteiger partial charge >= 0.3 is 6.03 Å². The van der Waals surface area contributed by atoms with Crippen molar-refractivity contribution in [2.24, 2.45) is 22.7 Å². The fourth-order valence-corrected chi connectivity index (χ4v) is 6.81. The highest BCUT2D eigenvalue weighted by atomic mass is 16.2. The largest absolute Gasteiger partial charge is 0.347 e. The molecular formula is C37H57N7O7. The van der Waals surface area contributed by atoms with Crippen LogP contribution in [0.25, 0.3) is 0 Å². The number of carbonyl (C=O) groups is 7. The van der Waals surface area contributed by atoms with Gasteiger partial charge in [0.25, 0.3) is 5.91 Å².